The molecular formula is C15H16FN5O. The van der Waals surface area contributed by atoms with Crippen LogP contribution in [0.25, 0.3) is 11.0 Å². The number of rotatable bonds is 3. The van der Waals surface area contributed by atoms with Crippen LogP contribution in [0.1, 0.15) is 23.0 Å². The number of fused-ring (bicyclic) bond motifs is 1. The van der Waals surface area contributed by atoms with Crippen LogP contribution in [0.15, 0.2) is 24.4 Å². The van der Waals surface area contributed by atoms with Crippen molar-refractivity contribution in [1.82, 2.24) is 19.3 Å². The van der Waals surface area contributed by atoms with Crippen molar-refractivity contribution in [2.45, 2.75) is 20.4 Å². The third-order valence-corrected chi connectivity index (χ3v) is 3.72. The van der Waals surface area contributed by atoms with Crippen LogP contribution in [0, 0.1) is 12.7 Å². The Hall–Kier alpha value is -2.70. The van der Waals surface area contributed by atoms with E-state index >= 15 is 0 Å². The second-order valence-electron chi connectivity index (χ2n) is 5.04. The predicted molar refractivity (Wildman–Crippen MR) is 81.3 cm³/mol. The number of imidazole rings is 1. The Balaban J connectivity index is 1.94. The zero-order valence-corrected chi connectivity index (χ0v) is 12.6. The first-order valence-electron chi connectivity index (χ1n) is 6.97. The summed E-state index contributed by atoms with van der Waals surface area (Å²) in [6, 6.07) is 4.31. The minimum Gasteiger partial charge on any atom is -0.313 e. The van der Waals surface area contributed by atoms with Gasteiger partial charge in [-0.25, -0.2) is 9.37 Å². The van der Waals surface area contributed by atoms with Crippen molar-refractivity contribution >= 4 is 22.9 Å². The lowest BCUT2D eigenvalue weighted by molar-refractivity contribution is 0.102. The first kappa shape index (κ1) is 14.2. The molecule has 0 fully saturated rings. The number of nitrogens with one attached hydrogen (secondary N) is 1. The van der Waals surface area contributed by atoms with Gasteiger partial charge in [0.25, 0.3) is 5.91 Å². The molecule has 2 heterocycles. The van der Waals surface area contributed by atoms with Gasteiger partial charge < -0.3 is 4.57 Å². The highest BCUT2D eigenvalue weighted by Crippen LogP contribution is 2.20. The Bertz CT molecular complexity index is 864. The third kappa shape index (κ3) is 2.24. The van der Waals surface area contributed by atoms with Gasteiger partial charge in [0.1, 0.15) is 5.82 Å². The summed E-state index contributed by atoms with van der Waals surface area (Å²) in [5, 5.41) is 6.90. The molecule has 0 bridgehead atoms. The minimum absolute atomic E-state index is 0.281. The van der Waals surface area contributed by atoms with Gasteiger partial charge >= 0.3 is 0 Å². The van der Waals surface area contributed by atoms with Crippen LogP contribution < -0.4 is 5.32 Å². The molecule has 0 atom stereocenters. The summed E-state index contributed by atoms with van der Waals surface area (Å²) in [6.07, 6.45) is 1.54. The van der Waals surface area contributed by atoms with Crippen LogP contribution in [-0.4, -0.2) is 25.2 Å². The normalized spacial score (nSPS) is 11.1. The van der Waals surface area contributed by atoms with Gasteiger partial charge in [0, 0.05) is 19.3 Å². The first-order valence-corrected chi connectivity index (χ1v) is 6.97. The van der Waals surface area contributed by atoms with E-state index < -0.39 is 0 Å². The van der Waals surface area contributed by atoms with E-state index in [4.69, 9.17) is 0 Å². The highest BCUT2D eigenvalue weighted by atomic mass is 19.1. The van der Waals surface area contributed by atoms with Crippen LogP contribution in [0.3, 0.4) is 0 Å². The standard InChI is InChI=1S/C15H16FN5O/c1-4-21-9(2)11(8-17-21)14(22)19-15-18-12-6-5-10(16)7-13(12)20(15)3/h5-8H,4H2,1-3H3,(H,18,19,22). The molecule has 7 heteroatoms. The lowest BCUT2D eigenvalue weighted by Gasteiger charge is -2.05. The summed E-state index contributed by atoms with van der Waals surface area (Å²) in [6.45, 7) is 4.50. The van der Waals surface area contributed by atoms with E-state index in [0.717, 1.165) is 5.69 Å². The maximum absolute atomic E-state index is 13.3. The molecule has 3 aromatic rings. The van der Waals surface area contributed by atoms with Gasteiger partial charge in [-0.15, -0.1) is 0 Å². The number of benzene rings is 1. The van der Waals surface area contributed by atoms with Crippen molar-refractivity contribution < 1.29 is 9.18 Å². The highest BCUT2D eigenvalue weighted by Gasteiger charge is 2.17. The number of aromatic nitrogens is 4. The molecule has 2 aromatic heterocycles. The number of nitrogens with zero attached hydrogens (tertiary/aromatic N) is 4. The van der Waals surface area contributed by atoms with Gasteiger partial charge in [-0.2, -0.15) is 5.10 Å². The summed E-state index contributed by atoms with van der Waals surface area (Å²) in [7, 11) is 1.73. The average molecular weight is 301 g/mol. The monoisotopic (exact) mass is 301 g/mol. The maximum atomic E-state index is 13.3. The molecule has 22 heavy (non-hydrogen) atoms. The molecular weight excluding hydrogens is 285 g/mol. The van der Waals surface area contributed by atoms with Crippen molar-refractivity contribution in [3.8, 4) is 0 Å². The van der Waals surface area contributed by atoms with E-state index in [1.54, 1.807) is 22.4 Å². The van der Waals surface area contributed by atoms with Crippen molar-refractivity contribution in [2.24, 2.45) is 7.05 Å². The van der Waals surface area contributed by atoms with Crippen LogP contribution in [0.2, 0.25) is 0 Å². The highest BCUT2D eigenvalue weighted by molar-refractivity contribution is 6.04. The molecule has 1 N–H and O–H groups in total. The number of amides is 1. The summed E-state index contributed by atoms with van der Waals surface area (Å²) < 4.78 is 16.7. The zero-order chi connectivity index (χ0) is 15.9. The summed E-state index contributed by atoms with van der Waals surface area (Å²) in [5.74, 6) is -0.251. The van der Waals surface area contributed by atoms with Crippen LogP contribution >= 0.6 is 0 Å². The number of aryl methyl sites for hydroxylation is 2. The fourth-order valence-corrected chi connectivity index (χ4v) is 2.43. The van der Waals surface area contributed by atoms with E-state index in [1.165, 1.54) is 18.3 Å². The molecule has 0 aliphatic rings. The molecule has 3 rings (SSSR count). The quantitative estimate of drug-likeness (QED) is 0.808. The van der Waals surface area contributed by atoms with E-state index in [1.807, 2.05) is 13.8 Å². The minimum atomic E-state index is -0.339. The summed E-state index contributed by atoms with van der Waals surface area (Å²) in [5.41, 5.74) is 2.54. The van der Waals surface area contributed by atoms with Crippen molar-refractivity contribution in [3.05, 3.63) is 41.5 Å². The van der Waals surface area contributed by atoms with E-state index in [2.05, 4.69) is 15.4 Å². The lowest BCUT2D eigenvalue weighted by Crippen LogP contribution is -2.16. The van der Waals surface area contributed by atoms with E-state index in [-0.39, 0.29) is 11.7 Å². The van der Waals surface area contributed by atoms with Gasteiger partial charge in [-0.3, -0.25) is 14.8 Å². The van der Waals surface area contributed by atoms with Gasteiger partial charge in [-0.1, -0.05) is 0 Å². The Morgan fingerprint density at radius 2 is 2.18 bits per heavy atom. The molecule has 0 radical (unpaired) electrons. The first-order chi connectivity index (χ1) is 10.5. The van der Waals surface area contributed by atoms with Crippen molar-refractivity contribution in [2.75, 3.05) is 5.32 Å². The van der Waals surface area contributed by atoms with Gasteiger partial charge in [0.15, 0.2) is 0 Å². The second-order valence-corrected chi connectivity index (χ2v) is 5.04. The molecule has 0 aliphatic carbocycles. The molecule has 0 spiro atoms. The van der Waals surface area contributed by atoms with Gasteiger partial charge in [-0.05, 0) is 32.0 Å². The average Bonchev–Trinajstić information content (AvgIpc) is 3.01. The Kier molecular flexibility index (Phi) is 3.40. The fraction of sp³-hybridized carbons (Fsp3) is 0.267. The van der Waals surface area contributed by atoms with Crippen molar-refractivity contribution in [3.63, 3.8) is 0 Å². The SMILES string of the molecule is CCn1ncc(C(=O)Nc2nc3ccc(F)cc3n2C)c1C. The summed E-state index contributed by atoms with van der Waals surface area (Å²) in [4.78, 5) is 16.7. The molecule has 114 valence electrons. The molecule has 0 unspecified atom stereocenters. The predicted octanol–water partition coefficient (Wildman–Crippen LogP) is 2.49. The Morgan fingerprint density at radius 1 is 1.41 bits per heavy atom. The van der Waals surface area contributed by atoms with Gasteiger partial charge in [0.05, 0.1) is 22.8 Å². The van der Waals surface area contributed by atoms with Gasteiger partial charge in [0.2, 0.25) is 5.95 Å². The molecule has 1 amide bonds. The number of carbonyl (C=O) groups excluding carboxylic acids is 1. The van der Waals surface area contributed by atoms with E-state index in [0.29, 0.717) is 29.1 Å². The maximum Gasteiger partial charge on any atom is 0.261 e. The summed E-state index contributed by atoms with van der Waals surface area (Å²) >= 11 is 0. The van der Waals surface area contributed by atoms with Crippen LogP contribution in [-0.2, 0) is 13.6 Å². The smallest absolute Gasteiger partial charge is 0.261 e. The van der Waals surface area contributed by atoms with Crippen molar-refractivity contribution in [1.29, 1.82) is 0 Å². The van der Waals surface area contributed by atoms with Crippen LogP contribution in [0.5, 0.6) is 0 Å². The topological polar surface area (TPSA) is 64.7 Å². The zero-order valence-electron chi connectivity index (χ0n) is 12.6. The molecule has 6 nitrogen and oxygen atoms in total. The molecule has 0 saturated heterocycles. The Labute approximate surface area is 126 Å². The number of halogens is 1. The fourth-order valence-electron chi connectivity index (χ4n) is 2.43. The lowest BCUT2D eigenvalue weighted by atomic mass is 10.2. The largest absolute Gasteiger partial charge is 0.313 e. The number of hydrogen-bond donors (Lipinski definition) is 1. The number of carbonyl (C=O) groups is 1. The van der Waals surface area contributed by atoms with Crippen LogP contribution in [0.4, 0.5) is 10.3 Å². The molecule has 0 saturated carbocycles. The number of anilines is 1. The molecule has 0 aliphatic heterocycles. The number of hydrogen-bond acceptors (Lipinski definition) is 3. The second kappa shape index (κ2) is 5.25. The third-order valence-electron chi connectivity index (χ3n) is 3.72. The molecule has 1 aromatic carbocycles. The van der Waals surface area contributed by atoms with E-state index in [9.17, 15) is 9.18 Å². The Morgan fingerprint density at radius 3 is 2.86 bits per heavy atom.